The molecule has 2 atom stereocenters. The minimum Gasteiger partial charge on any atom is -0.383 e. The van der Waals surface area contributed by atoms with Crippen LogP contribution in [0.1, 0.15) is 17.9 Å². The summed E-state index contributed by atoms with van der Waals surface area (Å²) in [6.07, 6.45) is 0.770. The Morgan fingerprint density at radius 2 is 2.00 bits per heavy atom. The molecule has 3 rings (SSSR count). The van der Waals surface area contributed by atoms with Crippen LogP contribution in [0, 0.1) is 5.41 Å². The molecular formula is C19H26N2O4. The Balaban J connectivity index is 1.88. The summed E-state index contributed by atoms with van der Waals surface area (Å²) in [5.74, 6) is 0.115. The number of benzene rings is 1. The molecule has 6 nitrogen and oxygen atoms in total. The summed E-state index contributed by atoms with van der Waals surface area (Å²) in [5.41, 5.74) is 0.593. The molecule has 0 saturated carbocycles. The number of ether oxygens (including phenoxy) is 2. The zero-order chi connectivity index (χ0) is 17.9. The quantitative estimate of drug-likeness (QED) is 0.775. The van der Waals surface area contributed by atoms with Crippen molar-refractivity contribution in [3.05, 3.63) is 35.9 Å². The van der Waals surface area contributed by atoms with Gasteiger partial charge in [0, 0.05) is 46.3 Å². The maximum atomic E-state index is 13.2. The number of hydrogen-bond donors (Lipinski definition) is 0. The largest absolute Gasteiger partial charge is 0.383 e. The molecule has 1 aromatic carbocycles. The van der Waals surface area contributed by atoms with Crippen molar-refractivity contribution in [1.82, 2.24) is 9.80 Å². The van der Waals surface area contributed by atoms with Crippen LogP contribution in [0.2, 0.25) is 0 Å². The van der Waals surface area contributed by atoms with Crippen molar-refractivity contribution in [2.45, 2.75) is 12.3 Å². The van der Waals surface area contributed by atoms with Gasteiger partial charge in [-0.2, -0.15) is 0 Å². The van der Waals surface area contributed by atoms with Gasteiger partial charge in [0.2, 0.25) is 11.8 Å². The summed E-state index contributed by atoms with van der Waals surface area (Å²) in [6, 6.07) is 10.1. The lowest BCUT2D eigenvalue weighted by molar-refractivity contribution is -0.138. The van der Waals surface area contributed by atoms with Gasteiger partial charge >= 0.3 is 0 Å². The van der Waals surface area contributed by atoms with Gasteiger partial charge < -0.3 is 19.3 Å². The summed E-state index contributed by atoms with van der Waals surface area (Å²) in [6.45, 7) is 2.94. The number of nitrogens with zero attached hydrogens (tertiary/aromatic N) is 2. The summed E-state index contributed by atoms with van der Waals surface area (Å²) < 4.78 is 10.1. The number of rotatable bonds is 6. The first kappa shape index (κ1) is 17.9. The monoisotopic (exact) mass is 346 g/mol. The van der Waals surface area contributed by atoms with E-state index in [-0.39, 0.29) is 24.3 Å². The number of methoxy groups -OCH3 is 2. The predicted octanol–water partition coefficient (Wildman–Crippen LogP) is 1.12. The Morgan fingerprint density at radius 3 is 2.68 bits per heavy atom. The van der Waals surface area contributed by atoms with Gasteiger partial charge in [-0.3, -0.25) is 9.59 Å². The van der Waals surface area contributed by atoms with E-state index in [1.807, 2.05) is 23.1 Å². The molecule has 0 aliphatic carbocycles. The highest BCUT2D eigenvalue weighted by Crippen LogP contribution is 2.49. The summed E-state index contributed by atoms with van der Waals surface area (Å²) in [4.78, 5) is 29.3. The van der Waals surface area contributed by atoms with Gasteiger partial charge in [0.25, 0.3) is 0 Å². The first-order valence-electron chi connectivity index (χ1n) is 8.72. The first-order valence-corrected chi connectivity index (χ1v) is 8.72. The van der Waals surface area contributed by atoms with E-state index in [2.05, 4.69) is 12.1 Å². The lowest BCUT2D eigenvalue weighted by atomic mass is 9.73. The number of carbonyl (C=O) groups excluding carboxylic acids is 2. The molecule has 1 spiro atoms. The van der Waals surface area contributed by atoms with E-state index in [9.17, 15) is 9.59 Å². The second-order valence-corrected chi connectivity index (χ2v) is 6.86. The average Bonchev–Trinajstić information content (AvgIpc) is 3.17. The van der Waals surface area contributed by atoms with Crippen molar-refractivity contribution < 1.29 is 19.1 Å². The van der Waals surface area contributed by atoms with Crippen LogP contribution in [0.3, 0.4) is 0 Å². The molecule has 0 unspecified atom stereocenters. The van der Waals surface area contributed by atoms with Gasteiger partial charge in [-0.15, -0.1) is 0 Å². The molecule has 2 fully saturated rings. The summed E-state index contributed by atoms with van der Waals surface area (Å²) >= 11 is 0. The third-order valence-electron chi connectivity index (χ3n) is 5.47. The lowest BCUT2D eigenvalue weighted by Crippen LogP contribution is -2.41. The van der Waals surface area contributed by atoms with E-state index in [1.165, 1.54) is 7.11 Å². The third kappa shape index (κ3) is 3.28. The highest BCUT2D eigenvalue weighted by atomic mass is 16.5. The minimum absolute atomic E-state index is 0.0227. The second kappa shape index (κ2) is 7.54. The first-order chi connectivity index (χ1) is 12.1. The molecule has 0 radical (unpaired) electrons. The van der Waals surface area contributed by atoms with Crippen LogP contribution >= 0.6 is 0 Å². The second-order valence-electron chi connectivity index (χ2n) is 6.86. The lowest BCUT2D eigenvalue weighted by Gasteiger charge is -2.29. The van der Waals surface area contributed by atoms with Gasteiger partial charge in [-0.1, -0.05) is 30.3 Å². The van der Waals surface area contributed by atoms with Crippen molar-refractivity contribution in [2.24, 2.45) is 5.41 Å². The van der Waals surface area contributed by atoms with Gasteiger partial charge in [0.1, 0.15) is 6.61 Å². The molecule has 2 amide bonds. The third-order valence-corrected chi connectivity index (χ3v) is 5.47. The van der Waals surface area contributed by atoms with E-state index < -0.39 is 5.41 Å². The van der Waals surface area contributed by atoms with Gasteiger partial charge in [-0.05, 0) is 12.0 Å². The molecule has 0 bridgehead atoms. The molecule has 2 aliphatic heterocycles. The number of amides is 2. The topological polar surface area (TPSA) is 59.1 Å². The van der Waals surface area contributed by atoms with E-state index in [1.54, 1.807) is 12.0 Å². The van der Waals surface area contributed by atoms with Gasteiger partial charge in [-0.25, -0.2) is 0 Å². The van der Waals surface area contributed by atoms with E-state index in [0.717, 1.165) is 18.5 Å². The Kier molecular flexibility index (Phi) is 5.39. The van der Waals surface area contributed by atoms with E-state index >= 15 is 0 Å². The molecule has 1 aromatic rings. The highest BCUT2D eigenvalue weighted by molar-refractivity contribution is 5.89. The number of hydrogen-bond acceptors (Lipinski definition) is 4. The molecule has 2 aliphatic rings. The molecule has 2 saturated heterocycles. The van der Waals surface area contributed by atoms with Crippen molar-refractivity contribution >= 4 is 11.8 Å². The van der Waals surface area contributed by atoms with Crippen molar-refractivity contribution in [2.75, 3.05) is 53.6 Å². The van der Waals surface area contributed by atoms with Crippen LogP contribution < -0.4 is 0 Å². The number of likely N-dealkylation sites (tertiary alicyclic amines) is 2. The molecule has 2 heterocycles. The van der Waals surface area contributed by atoms with Gasteiger partial charge in [0.15, 0.2) is 0 Å². The van der Waals surface area contributed by atoms with Crippen LogP contribution in [-0.4, -0.2) is 75.2 Å². The minimum atomic E-state index is -0.529. The van der Waals surface area contributed by atoms with Crippen molar-refractivity contribution in [3.8, 4) is 0 Å². The molecule has 25 heavy (non-hydrogen) atoms. The maximum Gasteiger partial charge on any atom is 0.248 e. The molecule has 136 valence electrons. The summed E-state index contributed by atoms with van der Waals surface area (Å²) in [5, 5.41) is 0. The standard InChI is InChI=1S/C19H26N2O4/c1-24-11-10-20-9-8-19(18(20)23)14-21(17(22)13-25-2)12-16(19)15-6-4-3-5-7-15/h3-7,16H,8-14H2,1-2H3/t16-,19+/m1/s1. The van der Waals surface area contributed by atoms with Crippen LogP contribution in [0.5, 0.6) is 0 Å². The fourth-order valence-electron chi connectivity index (χ4n) is 4.17. The molecule has 0 N–H and O–H groups in total. The van der Waals surface area contributed by atoms with Crippen LogP contribution in [0.15, 0.2) is 30.3 Å². The summed E-state index contributed by atoms with van der Waals surface area (Å²) in [7, 11) is 3.16. The smallest absolute Gasteiger partial charge is 0.248 e. The average molecular weight is 346 g/mol. The van der Waals surface area contributed by atoms with E-state index in [0.29, 0.717) is 26.2 Å². The van der Waals surface area contributed by atoms with Crippen molar-refractivity contribution in [1.29, 1.82) is 0 Å². The van der Waals surface area contributed by atoms with Crippen molar-refractivity contribution in [3.63, 3.8) is 0 Å². The highest BCUT2D eigenvalue weighted by Gasteiger charge is 2.57. The fourth-order valence-corrected chi connectivity index (χ4v) is 4.17. The molecular weight excluding hydrogens is 320 g/mol. The number of carbonyl (C=O) groups is 2. The maximum absolute atomic E-state index is 13.2. The Morgan fingerprint density at radius 1 is 1.24 bits per heavy atom. The SMILES string of the molecule is COCCN1CC[C@@]2(CN(C(=O)COC)C[C@@H]2c2ccccc2)C1=O. The Hall–Kier alpha value is -1.92. The predicted molar refractivity (Wildman–Crippen MR) is 93.1 cm³/mol. The Labute approximate surface area is 148 Å². The van der Waals surface area contributed by atoms with Crippen LogP contribution in [-0.2, 0) is 19.1 Å². The normalized spacial score (nSPS) is 26.0. The molecule has 0 aromatic heterocycles. The Bertz CT molecular complexity index is 621. The molecule has 6 heteroatoms. The van der Waals surface area contributed by atoms with Gasteiger partial charge in [0.05, 0.1) is 12.0 Å². The van der Waals surface area contributed by atoms with Crippen LogP contribution in [0.4, 0.5) is 0 Å². The zero-order valence-corrected chi connectivity index (χ0v) is 14.9. The zero-order valence-electron chi connectivity index (χ0n) is 14.9. The fraction of sp³-hybridized carbons (Fsp3) is 0.579. The van der Waals surface area contributed by atoms with E-state index in [4.69, 9.17) is 9.47 Å². The van der Waals surface area contributed by atoms with Crippen LogP contribution in [0.25, 0.3) is 0 Å².